The van der Waals surface area contributed by atoms with Crippen LogP contribution in [0, 0.1) is 11.8 Å². The lowest BCUT2D eigenvalue weighted by molar-refractivity contribution is -0.159. The van der Waals surface area contributed by atoms with Gasteiger partial charge in [0.1, 0.15) is 0 Å². The number of fused-ring (bicyclic) bond motifs is 1. The second-order valence-electron chi connectivity index (χ2n) is 11.8. The summed E-state index contributed by atoms with van der Waals surface area (Å²) in [5.41, 5.74) is 6.02. The Morgan fingerprint density at radius 2 is 1.51 bits per heavy atom. The molecule has 3 amide bonds. The zero-order valence-electron chi connectivity index (χ0n) is 23.5. The molecule has 2 aliphatic heterocycles. The van der Waals surface area contributed by atoms with Crippen molar-refractivity contribution in [3.63, 3.8) is 0 Å². The van der Waals surface area contributed by atoms with Gasteiger partial charge in [0, 0.05) is 17.5 Å². The summed E-state index contributed by atoms with van der Waals surface area (Å²) in [6.07, 6.45) is 1.65. The van der Waals surface area contributed by atoms with Crippen molar-refractivity contribution in [3.8, 4) is 0 Å². The summed E-state index contributed by atoms with van der Waals surface area (Å²) in [5.74, 6) is -3.51. The van der Waals surface area contributed by atoms with Gasteiger partial charge in [0.05, 0.1) is 42.6 Å². The number of carbonyl (C=O) groups excluding carboxylic acids is 3. The van der Waals surface area contributed by atoms with E-state index in [1.165, 1.54) is 4.90 Å². The Morgan fingerprint density at radius 3 is 2.23 bits per heavy atom. The third-order valence-corrected chi connectivity index (χ3v) is 9.53. The van der Waals surface area contributed by atoms with Crippen molar-refractivity contribution in [2.75, 3.05) is 18.1 Å². The molecule has 214 valence electrons. The van der Waals surface area contributed by atoms with E-state index in [0.29, 0.717) is 18.9 Å². The Balaban J connectivity index is 1.28. The van der Waals surface area contributed by atoms with Crippen LogP contribution >= 0.6 is 0 Å². The first kappa shape index (κ1) is 26.0. The summed E-state index contributed by atoms with van der Waals surface area (Å²) in [6.45, 7) is 2.58. The van der Waals surface area contributed by atoms with Crippen molar-refractivity contribution >= 4 is 40.4 Å². The number of benzene rings is 4. The van der Waals surface area contributed by atoms with Crippen LogP contribution in [0.3, 0.4) is 0 Å². The smallest absolute Gasteiger partial charge is 0.245 e. The molecular weight excluding hydrogens is 542 g/mol. The third kappa shape index (κ3) is 3.63. The van der Waals surface area contributed by atoms with E-state index >= 15 is 0 Å². The molecule has 4 aromatic rings. The first-order valence-electron chi connectivity index (χ1n) is 14.6. The van der Waals surface area contributed by atoms with E-state index in [-0.39, 0.29) is 30.1 Å². The van der Waals surface area contributed by atoms with E-state index in [1.54, 1.807) is 13.1 Å². The van der Waals surface area contributed by atoms with Gasteiger partial charge in [-0.05, 0) is 40.6 Å². The van der Waals surface area contributed by atoms with Gasteiger partial charge in [-0.25, -0.2) is 10.3 Å². The Kier molecular flexibility index (Phi) is 5.70. The SMILES string of the molecule is CC1(CC(=O)N/N=C\C23c4ccccc4C(c4ccccc42)[C@@H]2C(=O)N(c4cccc5ccccc45)C(=O)[C@H]23)OCCO1. The van der Waals surface area contributed by atoms with Gasteiger partial charge < -0.3 is 9.47 Å². The van der Waals surface area contributed by atoms with Crippen LogP contribution in [-0.4, -0.2) is 42.9 Å². The van der Waals surface area contributed by atoms with Gasteiger partial charge in [-0.2, -0.15) is 5.10 Å². The molecule has 2 heterocycles. The maximum absolute atomic E-state index is 14.7. The molecule has 43 heavy (non-hydrogen) atoms. The highest BCUT2D eigenvalue weighted by Gasteiger charge is 2.68. The Labute approximate surface area is 248 Å². The fourth-order valence-corrected chi connectivity index (χ4v) is 7.89. The molecule has 0 radical (unpaired) electrons. The molecule has 0 aromatic heterocycles. The topological polar surface area (TPSA) is 97.3 Å². The molecule has 1 N–H and O–H groups in total. The van der Waals surface area contributed by atoms with E-state index < -0.39 is 23.0 Å². The molecule has 8 nitrogen and oxygen atoms in total. The fraction of sp³-hybridized carbons (Fsp3) is 0.257. The number of hydrazone groups is 1. The molecule has 0 unspecified atom stereocenters. The molecule has 0 saturated carbocycles. The second kappa shape index (κ2) is 9.42. The van der Waals surface area contributed by atoms with E-state index in [4.69, 9.17) is 9.47 Å². The number of rotatable bonds is 5. The average Bonchev–Trinajstić information content (AvgIpc) is 3.57. The van der Waals surface area contributed by atoms with Crippen molar-refractivity contribution in [3.05, 3.63) is 113 Å². The molecule has 3 aliphatic carbocycles. The number of nitrogens with one attached hydrogen (secondary N) is 1. The van der Waals surface area contributed by atoms with E-state index in [0.717, 1.165) is 33.0 Å². The first-order chi connectivity index (χ1) is 20.9. The molecule has 8 heteroatoms. The van der Waals surface area contributed by atoms with Gasteiger partial charge >= 0.3 is 0 Å². The normalized spacial score (nSPS) is 26.5. The molecule has 9 rings (SSSR count). The van der Waals surface area contributed by atoms with Gasteiger partial charge in [-0.1, -0.05) is 84.9 Å². The predicted octanol–water partition coefficient (Wildman–Crippen LogP) is 4.65. The Morgan fingerprint density at radius 1 is 0.884 bits per heavy atom. The number of hydrogen-bond donors (Lipinski definition) is 1. The van der Waals surface area contributed by atoms with Crippen molar-refractivity contribution < 1.29 is 23.9 Å². The van der Waals surface area contributed by atoms with Crippen molar-refractivity contribution in [2.45, 2.75) is 30.5 Å². The minimum absolute atomic E-state index is 0.0229. The van der Waals surface area contributed by atoms with E-state index in [9.17, 15) is 14.4 Å². The quantitative estimate of drug-likeness (QED) is 0.214. The molecule has 2 bridgehead atoms. The molecule has 0 spiro atoms. The number of ether oxygens (including phenoxy) is 2. The molecule has 2 saturated heterocycles. The van der Waals surface area contributed by atoms with Crippen LogP contribution in [0.4, 0.5) is 5.69 Å². The fourth-order valence-electron chi connectivity index (χ4n) is 7.89. The van der Waals surface area contributed by atoms with Crippen LogP contribution in [0.5, 0.6) is 0 Å². The van der Waals surface area contributed by atoms with Crippen LogP contribution in [0.1, 0.15) is 41.5 Å². The summed E-state index contributed by atoms with van der Waals surface area (Å²) in [6, 6.07) is 29.4. The van der Waals surface area contributed by atoms with Crippen LogP contribution < -0.4 is 10.3 Å². The highest BCUT2D eigenvalue weighted by Crippen LogP contribution is 2.63. The number of amides is 3. The highest BCUT2D eigenvalue weighted by molar-refractivity contribution is 6.27. The average molecular weight is 572 g/mol. The number of hydrogen-bond acceptors (Lipinski definition) is 6. The monoisotopic (exact) mass is 571 g/mol. The standard InChI is InChI=1S/C35H29N3O5/c1-34(42-17-18-43-34)19-28(39)37-36-20-35-25-14-6-4-12-23(25)29(24-13-5-7-15-26(24)35)30-31(35)33(41)38(32(30)40)27-16-8-10-21-9-2-3-11-22(21)27/h2-16,20,29-31H,17-19H2,1H3,(H,37,39)/b36-20-/t29?,30-,31-,35?/m0/s1. The summed E-state index contributed by atoms with van der Waals surface area (Å²) in [4.78, 5) is 43.5. The van der Waals surface area contributed by atoms with Gasteiger partial charge in [0.25, 0.3) is 0 Å². The largest absolute Gasteiger partial charge is 0.347 e. The Bertz CT molecular complexity index is 1810. The van der Waals surface area contributed by atoms with Crippen molar-refractivity contribution in [2.24, 2.45) is 16.9 Å². The van der Waals surface area contributed by atoms with E-state index in [1.807, 2.05) is 91.0 Å². The number of carbonyl (C=O) groups is 3. The molecule has 2 atom stereocenters. The highest BCUT2D eigenvalue weighted by atomic mass is 16.7. The summed E-state index contributed by atoms with van der Waals surface area (Å²) < 4.78 is 11.2. The lowest BCUT2D eigenvalue weighted by atomic mass is 9.47. The van der Waals surface area contributed by atoms with Gasteiger partial charge in [-0.15, -0.1) is 0 Å². The van der Waals surface area contributed by atoms with Crippen LogP contribution in [0.25, 0.3) is 10.8 Å². The van der Waals surface area contributed by atoms with Gasteiger partial charge in [0.2, 0.25) is 17.7 Å². The van der Waals surface area contributed by atoms with Crippen LogP contribution in [-0.2, 0) is 29.3 Å². The molecular formula is C35H29N3O5. The minimum Gasteiger partial charge on any atom is -0.347 e. The predicted molar refractivity (Wildman–Crippen MR) is 160 cm³/mol. The maximum atomic E-state index is 14.7. The second-order valence-corrected chi connectivity index (χ2v) is 11.8. The summed E-state index contributed by atoms with van der Waals surface area (Å²) >= 11 is 0. The number of imide groups is 1. The maximum Gasteiger partial charge on any atom is 0.245 e. The lowest BCUT2D eigenvalue weighted by Crippen LogP contribution is -2.54. The zero-order valence-corrected chi connectivity index (χ0v) is 23.5. The van der Waals surface area contributed by atoms with Crippen LogP contribution in [0.2, 0.25) is 0 Å². The number of nitrogens with zero attached hydrogens (tertiary/aromatic N) is 2. The minimum atomic E-state index is -1.07. The number of anilines is 1. The van der Waals surface area contributed by atoms with E-state index in [2.05, 4.69) is 10.5 Å². The van der Waals surface area contributed by atoms with Crippen molar-refractivity contribution in [1.82, 2.24) is 5.43 Å². The molecule has 2 fully saturated rings. The Hall–Kier alpha value is -4.66. The van der Waals surface area contributed by atoms with Gasteiger partial charge in [-0.3, -0.25) is 14.4 Å². The van der Waals surface area contributed by atoms with Gasteiger partial charge in [0.15, 0.2) is 5.79 Å². The summed E-state index contributed by atoms with van der Waals surface area (Å²) in [7, 11) is 0. The first-order valence-corrected chi connectivity index (χ1v) is 14.6. The lowest BCUT2D eigenvalue weighted by Gasteiger charge is -2.52. The molecule has 5 aliphatic rings. The van der Waals surface area contributed by atoms with Crippen molar-refractivity contribution in [1.29, 1.82) is 0 Å². The zero-order chi connectivity index (χ0) is 29.3. The molecule has 4 aromatic carbocycles. The third-order valence-electron chi connectivity index (χ3n) is 9.53. The van der Waals surface area contributed by atoms with Crippen LogP contribution in [0.15, 0.2) is 96.1 Å². The summed E-state index contributed by atoms with van der Waals surface area (Å²) in [5, 5.41) is 6.28.